The first-order valence-electron chi connectivity index (χ1n) is 11.1. The molecular weight excluding hydrogens is 342 g/mol. The highest BCUT2D eigenvalue weighted by molar-refractivity contribution is 5.37. The van der Waals surface area contributed by atoms with E-state index in [1.54, 1.807) is 0 Å². The Kier molecular flexibility index (Phi) is 4.60. The second-order valence-corrected chi connectivity index (χ2v) is 9.87. The lowest BCUT2D eigenvalue weighted by molar-refractivity contribution is -0.242. The van der Waals surface area contributed by atoms with Crippen molar-refractivity contribution in [1.82, 2.24) is 4.90 Å². The average molecular weight is 376 g/mol. The fourth-order valence-electron chi connectivity index (χ4n) is 6.13. The molecule has 0 unspecified atom stereocenters. The van der Waals surface area contributed by atoms with Gasteiger partial charge >= 0.3 is 0 Å². The van der Waals surface area contributed by atoms with E-state index in [0.29, 0.717) is 17.9 Å². The zero-order chi connectivity index (χ0) is 19.3. The molecule has 5 rings (SSSR count). The second kappa shape index (κ2) is 7.00. The summed E-state index contributed by atoms with van der Waals surface area (Å²) in [4.78, 5) is 2.69. The third kappa shape index (κ3) is 3.02. The van der Waals surface area contributed by atoms with E-state index in [9.17, 15) is 0 Å². The first kappa shape index (κ1) is 18.4. The Morgan fingerprint density at radius 1 is 0.964 bits per heavy atom. The van der Waals surface area contributed by atoms with E-state index in [1.165, 1.54) is 36.0 Å². The lowest BCUT2D eigenvalue weighted by atomic mass is 9.68. The van der Waals surface area contributed by atoms with Crippen LogP contribution in [0.4, 0.5) is 0 Å². The molecule has 2 aromatic carbocycles. The number of benzene rings is 2. The van der Waals surface area contributed by atoms with Crippen LogP contribution in [0.5, 0.6) is 0 Å². The first-order valence-corrected chi connectivity index (χ1v) is 11.1. The maximum Gasteiger partial charge on any atom is 0.137 e. The average Bonchev–Trinajstić information content (AvgIpc) is 2.69. The van der Waals surface area contributed by atoms with E-state index in [1.807, 2.05) is 0 Å². The normalized spacial score (nSPS) is 34.2. The minimum Gasteiger partial charge on any atom is -0.355 e. The van der Waals surface area contributed by atoms with Crippen molar-refractivity contribution < 1.29 is 4.74 Å². The van der Waals surface area contributed by atoms with Crippen molar-refractivity contribution in [3.8, 4) is 0 Å². The van der Waals surface area contributed by atoms with Gasteiger partial charge in [-0.15, -0.1) is 0 Å². The van der Waals surface area contributed by atoms with Crippen molar-refractivity contribution in [1.29, 1.82) is 0 Å². The van der Waals surface area contributed by atoms with Gasteiger partial charge in [-0.3, -0.25) is 4.90 Å². The van der Waals surface area contributed by atoms with Gasteiger partial charge in [-0.1, -0.05) is 67.9 Å². The highest BCUT2D eigenvalue weighted by Gasteiger charge is 2.53. The Balaban J connectivity index is 1.52. The molecule has 2 aliphatic heterocycles. The molecule has 1 aliphatic carbocycles. The molecule has 1 saturated heterocycles. The number of hydrogen-bond donors (Lipinski definition) is 0. The molecule has 2 heterocycles. The predicted molar refractivity (Wildman–Crippen MR) is 114 cm³/mol. The number of fused-ring (bicyclic) bond motifs is 4. The molecular formula is C26H33NO. The molecule has 0 bridgehead atoms. The highest BCUT2D eigenvalue weighted by Crippen LogP contribution is 2.52. The van der Waals surface area contributed by atoms with Crippen LogP contribution in [0, 0.1) is 11.8 Å². The minimum atomic E-state index is 0.116. The summed E-state index contributed by atoms with van der Waals surface area (Å²) in [5.41, 5.74) is 4.50. The Bertz CT molecular complexity index is 829. The van der Waals surface area contributed by atoms with Crippen LogP contribution >= 0.6 is 0 Å². The molecule has 2 fully saturated rings. The summed E-state index contributed by atoms with van der Waals surface area (Å²) in [7, 11) is 0. The molecule has 5 atom stereocenters. The number of hydrogen-bond acceptors (Lipinski definition) is 2. The molecule has 1 saturated carbocycles. The van der Waals surface area contributed by atoms with Gasteiger partial charge in [0.15, 0.2) is 0 Å². The van der Waals surface area contributed by atoms with Gasteiger partial charge in [-0.25, -0.2) is 0 Å². The lowest BCUT2D eigenvalue weighted by Gasteiger charge is -2.60. The van der Waals surface area contributed by atoms with Crippen molar-refractivity contribution in [2.45, 2.75) is 70.2 Å². The molecule has 28 heavy (non-hydrogen) atoms. The van der Waals surface area contributed by atoms with Crippen molar-refractivity contribution in [3.05, 3.63) is 71.3 Å². The zero-order valence-electron chi connectivity index (χ0n) is 17.5. The standard InChI is InChI=1S/C26H33NO/c1-18-13-14-23-24(15-18)28-25-22-12-8-7-11-21(22)20(17-27(25)26(23,2)3)16-19-9-5-4-6-10-19/h4-12,18,20,23-25H,13-17H2,1-3H3/t18-,20+,23-,24-,25+/m1/s1. The Labute approximate surface area is 169 Å². The van der Waals surface area contributed by atoms with Crippen LogP contribution in [0.2, 0.25) is 0 Å². The second-order valence-electron chi connectivity index (χ2n) is 9.87. The van der Waals surface area contributed by atoms with Gasteiger partial charge in [-0.05, 0) is 55.7 Å². The SMILES string of the molecule is C[C@@H]1CC[C@@H]2[C@@H](C1)O[C@H]1c3ccccc3[C@@H](Cc3ccccc3)CN1C2(C)C. The maximum absolute atomic E-state index is 6.85. The summed E-state index contributed by atoms with van der Waals surface area (Å²) >= 11 is 0. The van der Waals surface area contributed by atoms with E-state index in [0.717, 1.165) is 18.9 Å². The number of ether oxygens (including phenoxy) is 1. The summed E-state index contributed by atoms with van der Waals surface area (Å²) in [5.74, 6) is 1.95. The van der Waals surface area contributed by atoms with Gasteiger partial charge in [0.2, 0.25) is 0 Å². The Morgan fingerprint density at radius 3 is 2.46 bits per heavy atom. The van der Waals surface area contributed by atoms with Crippen LogP contribution in [-0.2, 0) is 11.2 Å². The topological polar surface area (TPSA) is 12.5 Å². The van der Waals surface area contributed by atoms with Crippen LogP contribution in [-0.4, -0.2) is 23.1 Å². The van der Waals surface area contributed by atoms with Crippen molar-refractivity contribution in [2.24, 2.45) is 11.8 Å². The Hall–Kier alpha value is -1.64. The maximum atomic E-state index is 6.85. The molecule has 0 N–H and O–H groups in total. The molecule has 0 spiro atoms. The number of rotatable bonds is 2. The van der Waals surface area contributed by atoms with E-state index in [4.69, 9.17) is 4.74 Å². The van der Waals surface area contributed by atoms with E-state index >= 15 is 0 Å². The van der Waals surface area contributed by atoms with Crippen molar-refractivity contribution in [2.75, 3.05) is 6.54 Å². The summed E-state index contributed by atoms with van der Waals surface area (Å²) in [6.07, 6.45) is 5.48. The van der Waals surface area contributed by atoms with E-state index < -0.39 is 0 Å². The van der Waals surface area contributed by atoms with Gasteiger partial charge in [0.1, 0.15) is 6.23 Å². The fraction of sp³-hybridized carbons (Fsp3) is 0.538. The summed E-state index contributed by atoms with van der Waals surface area (Å²) in [5, 5.41) is 0. The van der Waals surface area contributed by atoms with Crippen molar-refractivity contribution in [3.63, 3.8) is 0 Å². The van der Waals surface area contributed by atoms with Gasteiger partial charge in [0.05, 0.1) is 6.10 Å². The molecule has 0 radical (unpaired) electrons. The van der Waals surface area contributed by atoms with Crippen LogP contribution in [0.25, 0.3) is 0 Å². The van der Waals surface area contributed by atoms with Gasteiger partial charge in [0.25, 0.3) is 0 Å². The third-order valence-electron chi connectivity index (χ3n) is 7.73. The molecule has 2 nitrogen and oxygen atoms in total. The smallest absolute Gasteiger partial charge is 0.137 e. The van der Waals surface area contributed by atoms with Crippen LogP contribution in [0.15, 0.2) is 54.6 Å². The Morgan fingerprint density at radius 2 is 1.68 bits per heavy atom. The highest BCUT2D eigenvalue weighted by atomic mass is 16.5. The first-order chi connectivity index (χ1) is 13.5. The predicted octanol–water partition coefficient (Wildman–Crippen LogP) is 5.94. The monoisotopic (exact) mass is 375 g/mol. The molecule has 0 amide bonds. The van der Waals surface area contributed by atoms with Gasteiger partial charge in [-0.2, -0.15) is 0 Å². The van der Waals surface area contributed by atoms with Crippen LogP contribution < -0.4 is 0 Å². The molecule has 148 valence electrons. The zero-order valence-corrected chi connectivity index (χ0v) is 17.5. The molecule has 2 heteroatoms. The van der Waals surface area contributed by atoms with Gasteiger partial charge in [0, 0.05) is 23.9 Å². The molecule has 3 aliphatic rings. The summed E-state index contributed by atoms with van der Waals surface area (Å²) in [6.45, 7) is 8.43. The largest absolute Gasteiger partial charge is 0.355 e. The fourth-order valence-corrected chi connectivity index (χ4v) is 6.13. The van der Waals surface area contributed by atoms with E-state index in [2.05, 4.69) is 80.3 Å². The van der Waals surface area contributed by atoms with Crippen LogP contribution in [0.3, 0.4) is 0 Å². The quantitative estimate of drug-likeness (QED) is 0.644. The molecule has 0 aromatic heterocycles. The summed E-state index contributed by atoms with van der Waals surface area (Å²) < 4.78 is 6.85. The third-order valence-corrected chi connectivity index (χ3v) is 7.73. The number of nitrogens with zero attached hydrogens (tertiary/aromatic N) is 1. The minimum absolute atomic E-state index is 0.116. The molecule has 2 aromatic rings. The summed E-state index contributed by atoms with van der Waals surface area (Å²) in [6, 6.07) is 20.0. The van der Waals surface area contributed by atoms with Crippen LogP contribution in [0.1, 0.15) is 68.9 Å². The lowest BCUT2D eigenvalue weighted by Crippen LogP contribution is -2.63. The van der Waals surface area contributed by atoms with Crippen molar-refractivity contribution >= 4 is 0 Å². The van der Waals surface area contributed by atoms with E-state index in [-0.39, 0.29) is 11.8 Å². The van der Waals surface area contributed by atoms with Gasteiger partial charge < -0.3 is 4.74 Å².